The number of benzene rings is 1. The molecule has 0 amide bonds. The van der Waals surface area contributed by atoms with Gasteiger partial charge in [-0.3, -0.25) is 9.69 Å². The molecule has 0 atom stereocenters. The van der Waals surface area contributed by atoms with Crippen LogP contribution < -0.4 is 4.74 Å². The normalized spacial score (nSPS) is 15.2. The van der Waals surface area contributed by atoms with Crippen LogP contribution in [-0.4, -0.2) is 35.4 Å². The molecule has 0 aliphatic heterocycles. The molecule has 122 valence electrons. The largest absolute Gasteiger partial charge is 0.496 e. The third-order valence-electron chi connectivity index (χ3n) is 4.65. The fourth-order valence-electron chi connectivity index (χ4n) is 3.41. The molecule has 0 saturated heterocycles. The number of H-pyrrole nitrogens is 1. The van der Waals surface area contributed by atoms with Crippen LogP contribution >= 0.6 is 0 Å². The van der Waals surface area contributed by atoms with Gasteiger partial charge >= 0.3 is 0 Å². The number of aromatic amines is 1. The lowest BCUT2D eigenvalue weighted by atomic mass is 10.1. The van der Waals surface area contributed by atoms with Crippen LogP contribution in [0.3, 0.4) is 0 Å². The maximum Gasteiger partial charge on any atom is 0.192 e. The minimum Gasteiger partial charge on any atom is -0.496 e. The van der Waals surface area contributed by atoms with Crippen LogP contribution in [0.2, 0.25) is 0 Å². The molecule has 1 heterocycles. The number of methoxy groups -OCH3 is 1. The number of nitrogens with zero attached hydrogens (tertiary/aromatic N) is 1. The molecule has 1 aromatic carbocycles. The van der Waals surface area contributed by atoms with E-state index in [0.717, 1.165) is 17.9 Å². The van der Waals surface area contributed by atoms with E-state index in [0.29, 0.717) is 18.3 Å². The van der Waals surface area contributed by atoms with Gasteiger partial charge < -0.3 is 9.72 Å². The number of hydrogen-bond acceptors (Lipinski definition) is 3. The van der Waals surface area contributed by atoms with E-state index >= 15 is 0 Å². The van der Waals surface area contributed by atoms with Gasteiger partial charge in [-0.1, -0.05) is 31.0 Å². The zero-order valence-electron chi connectivity index (χ0n) is 13.6. The minimum atomic E-state index is 0.150. The lowest BCUT2D eigenvalue weighted by Crippen LogP contribution is -2.37. The number of ketones is 1. The van der Waals surface area contributed by atoms with Crippen LogP contribution in [0.5, 0.6) is 5.75 Å². The van der Waals surface area contributed by atoms with E-state index in [4.69, 9.17) is 4.74 Å². The standard InChI is InChI=1S/C19H24N2O2/c1-23-19-11-5-2-7-15(19)13-21(16-8-3-4-9-16)14-18(22)17-10-6-12-20-17/h2,5-7,10-12,16,20H,3-4,8-9,13-14H2,1H3. The Balaban J connectivity index is 1.76. The summed E-state index contributed by atoms with van der Waals surface area (Å²) in [5.41, 5.74) is 1.83. The van der Waals surface area contributed by atoms with Gasteiger partial charge in [0.2, 0.25) is 0 Å². The Morgan fingerprint density at radius 1 is 1.22 bits per heavy atom. The Kier molecular flexibility index (Phi) is 5.13. The second kappa shape index (κ2) is 7.47. The molecule has 0 radical (unpaired) electrons. The SMILES string of the molecule is COc1ccccc1CN(CC(=O)c1ccc[nH]1)C1CCCC1. The molecule has 1 aliphatic carbocycles. The van der Waals surface area contributed by atoms with Crippen molar-refractivity contribution < 1.29 is 9.53 Å². The number of Topliss-reactive ketones (excluding diaryl/α,β-unsaturated/α-hetero) is 1. The predicted octanol–water partition coefficient (Wildman–Crippen LogP) is 3.65. The average molecular weight is 312 g/mol. The van der Waals surface area contributed by atoms with Crippen LogP contribution in [0.25, 0.3) is 0 Å². The molecule has 2 aromatic rings. The van der Waals surface area contributed by atoms with Crippen LogP contribution in [-0.2, 0) is 6.54 Å². The topological polar surface area (TPSA) is 45.3 Å². The van der Waals surface area contributed by atoms with Gasteiger partial charge in [0.1, 0.15) is 5.75 Å². The summed E-state index contributed by atoms with van der Waals surface area (Å²) >= 11 is 0. The number of hydrogen-bond donors (Lipinski definition) is 1. The molecule has 0 bridgehead atoms. The van der Waals surface area contributed by atoms with E-state index in [1.54, 1.807) is 13.3 Å². The number of carbonyl (C=O) groups is 1. The molecular weight excluding hydrogens is 288 g/mol. The van der Waals surface area contributed by atoms with Gasteiger partial charge in [-0.25, -0.2) is 0 Å². The van der Waals surface area contributed by atoms with Gasteiger partial charge in [0.05, 0.1) is 19.3 Å². The molecule has 4 heteroatoms. The summed E-state index contributed by atoms with van der Waals surface area (Å²) in [6.07, 6.45) is 6.65. The van der Waals surface area contributed by atoms with Crippen LogP contribution in [0.1, 0.15) is 41.7 Å². The molecule has 1 N–H and O–H groups in total. The molecule has 1 fully saturated rings. The third kappa shape index (κ3) is 3.82. The van der Waals surface area contributed by atoms with Gasteiger partial charge in [-0.2, -0.15) is 0 Å². The average Bonchev–Trinajstić information content (AvgIpc) is 3.28. The summed E-state index contributed by atoms with van der Waals surface area (Å²) in [5, 5.41) is 0. The third-order valence-corrected chi connectivity index (χ3v) is 4.65. The highest BCUT2D eigenvalue weighted by Crippen LogP contribution is 2.27. The first-order valence-corrected chi connectivity index (χ1v) is 8.30. The smallest absolute Gasteiger partial charge is 0.192 e. The van der Waals surface area contributed by atoms with E-state index in [1.807, 2.05) is 30.3 Å². The highest BCUT2D eigenvalue weighted by molar-refractivity contribution is 5.95. The van der Waals surface area contributed by atoms with Crippen molar-refractivity contribution in [3.8, 4) is 5.75 Å². The Morgan fingerprint density at radius 2 is 2.00 bits per heavy atom. The second-order valence-electron chi connectivity index (χ2n) is 6.16. The van der Waals surface area contributed by atoms with Crippen LogP contribution in [0.15, 0.2) is 42.6 Å². The minimum absolute atomic E-state index is 0.150. The van der Waals surface area contributed by atoms with Crippen molar-refractivity contribution in [3.63, 3.8) is 0 Å². The summed E-state index contributed by atoms with van der Waals surface area (Å²) < 4.78 is 5.47. The quantitative estimate of drug-likeness (QED) is 0.794. The summed E-state index contributed by atoms with van der Waals surface area (Å²) in [5.74, 6) is 1.04. The van der Waals surface area contributed by atoms with E-state index in [1.165, 1.54) is 25.7 Å². The summed E-state index contributed by atoms with van der Waals surface area (Å²) in [6.45, 7) is 1.20. The maximum atomic E-state index is 12.5. The monoisotopic (exact) mass is 312 g/mol. The van der Waals surface area contributed by atoms with Crippen molar-refractivity contribution in [3.05, 3.63) is 53.9 Å². The molecule has 3 rings (SSSR count). The van der Waals surface area contributed by atoms with Gasteiger partial charge in [-0.15, -0.1) is 0 Å². The number of para-hydroxylation sites is 1. The number of ether oxygens (including phenoxy) is 1. The Hall–Kier alpha value is -2.07. The van der Waals surface area contributed by atoms with Crippen molar-refractivity contribution >= 4 is 5.78 Å². The second-order valence-corrected chi connectivity index (χ2v) is 6.16. The van der Waals surface area contributed by atoms with E-state index in [2.05, 4.69) is 16.0 Å². The molecule has 1 saturated carbocycles. The molecular formula is C19H24N2O2. The number of aromatic nitrogens is 1. The van der Waals surface area contributed by atoms with Gasteiger partial charge in [0.25, 0.3) is 0 Å². The highest BCUT2D eigenvalue weighted by Gasteiger charge is 2.25. The summed E-state index contributed by atoms with van der Waals surface area (Å²) in [7, 11) is 1.70. The number of carbonyl (C=O) groups excluding carboxylic acids is 1. The first-order chi connectivity index (χ1) is 11.3. The van der Waals surface area contributed by atoms with E-state index in [-0.39, 0.29) is 5.78 Å². The molecule has 4 nitrogen and oxygen atoms in total. The first-order valence-electron chi connectivity index (χ1n) is 8.30. The van der Waals surface area contributed by atoms with Crippen molar-refractivity contribution in [2.24, 2.45) is 0 Å². The van der Waals surface area contributed by atoms with Crippen LogP contribution in [0.4, 0.5) is 0 Å². The summed E-state index contributed by atoms with van der Waals surface area (Å²) in [4.78, 5) is 17.8. The van der Waals surface area contributed by atoms with Crippen molar-refractivity contribution in [1.82, 2.24) is 9.88 Å². The van der Waals surface area contributed by atoms with Crippen molar-refractivity contribution in [2.75, 3.05) is 13.7 Å². The Bertz CT molecular complexity index is 631. The van der Waals surface area contributed by atoms with E-state index in [9.17, 15) is 4.79 Å². The lowest BCUT2D eigenvalue weighted by Gasteiger charge is -2.28. The molecule has 1 aromatic heterocycles. The van der Waals surface area contributed by atoms with E-state index < -0.39 is 0 Å². The molecule has 1 aliphatic rings. The molecule has 0 unspecified atom stereocenters. The lowest BCUT2D eigenvalue weighted by molar-refractivity contribution is 0.0877. The first kappa shape index (κ1) is 15.8. The fourth-order valence-corrected chi connectivity index (χ4v) is 3.41. The van der Waals surface area contributed by atoms with Gasteiger partial charge in [0.15, 0.2) is 5.78 Å². The zero-order chi connectivity index (χ0) is 16.1. The fraction of sp³-hybridized carbons (Fsp3) is 0.421. The van der Waals surface area contributed by atoms with Gasteiger partial charge in [0, 0.05) is 24.3 Å². The van der Waals surface area contributed by atoms with Gasteiger partial charge in [-0.05, 0) is 31.0 Å². The van der Waals surface area contributed by atoms with Crippen LogP contribution in [0, 0.1) is 0 Å². The Labute approximate surface area is 137 Å². The predicted molar refractivity (Wildman–Crippen MR) is 90.8 cm³/mol. The summed E-state index contributed by atoms with van der Waals surface area (Å²) in [6, 6.07) is 12.3. The Morgan fingerprint density at radius 3 is 2.70 bits per heavy atom. The molecule has 23 heavy (non-hydrogen) atoms. The maximum absolute atomic E-state index is 12.5. The number of rotatable bonds is 7. The van der Waals surface area contributed by atoms with Crippen molar-refractivity contribution in [1.29, 1.82) is 0 Å². The highest BCUT2D eigenvalue weighted by atomic mass is 16.5. The zero-order valence-corrected chi connectivity index (χ0v) is 13.6. The van der Waals surface area contributed by atoms with Crippen molar-refractivity contribution in [2.45, 2.75) is 38.3 Å². The number of nitrogens with one attached hydrogen (secondary N) is 1. The molecule has 0 spiro atoms.